The van der Waals surface area contributed by atoms with Gasteiger partial charge in [0.25, 0.3) is 23.6 Å². The fourth-order valence-corrected chi connectivity index (χ4v) is 7.43. The van der Waals surface area contributed by atoms with E-state index in [1.165, 1.54) is 14.1 Å². The number of carbonyl (C=O) groups is 4. The summed E-state index contributed by atoms with van der Waals surface area (Å²) in [6.07, 6.45) is 3.57. The molecule has 4 amide bonds. The molecule has 0 bridgehead atoms. The van der Waals surface area contributed by atoms with Crippen molar-refractivity contribution in [2.45, 2.75) is 0 Å². The Labute approximate surface area is 121 Å². The Hall–Kier alpha value is -1.54. The first kappa shape index (κ1) is 13.4. The monoisotopic (exact) mass is 312 g/mol. The standard InChI is InChI=1S/C12H12N2O4S2/c1-13-9(15)5-7(11(13)17)20(3,4)8-6(19-5)10(16)14(2)12(8)18/h1-4H3. The highest BCUT2D eigenvalue weighted by Gasteiger charge is 2.53. The van der Waals surface area contributed by atoms with Gasteiger partial charge in [-0.3, -0.25) is 29.0 Å². The van der Waals surface area contributed by atoms with Crippen LogP contribution in [0.1, 0.15) is 0 Å². The summed E-state index contributed by atoms with van der Waals surface area (Å²) in [5.41, 5.74) is 0. The molecule has 0 radical (unpaired) electrons. The number of thioether (sulfide) groups is 1. The van der Waals surface area contributed by atoms with Crippen molar-refractivity contribution in [1.82, 2.24) is 9.80 Å². The minimum absolute atomic E-state index is 0.299. The van der Waals surface area contributed by atoms with E-state index in [0.29, 0.717) is 19.6 Å². The van der Waals surface area contributed by atoms with E-state index in [1.54, 1.807) is 12.5 Å². The molecule has 0 saturated heterocycles. The summed E-state index contributed by atoms with van der Waals surface area (Å²) in [6.45, 7) is 0. The Morgan fingerprint density at radius 1 is 0.750 bits per heavy atom. The van der Waals surface area contributed by atoms with Crippen molar-refractivity contribution in [2.24, 2.45) is 0 Å². The average molecular weight is 312 g/mol. The van der Waals surface area contributed by atoms with Crippen molar-refractivity contribution >= 4 is 45.4 Å². The minimum Gasteiger partial charge on any atom is -0.277 e. The van der Waals surface area contributed by atoms with Gasteiger partial charge in [0.1, 0.15) is 0 Å². The molecule has 0 aromatic carbocycles. The molecule has 0 spiro atoms. The van der Waals surface area contributed by atoms with E-state index in [0.717, 1.165) is 21.6 Å². The van der Waals surface area contributed by atoms with Gasteiger partial charge < -0.3 is 0 Å². The lowest BCUT2D eigenvalue weighted by Gasteiger charge is -2.35. The van der Waals surface area contributed by atoms with Gasteiger partial charge in [-0.05, 0) is 12.5 Å². The molecular formula is C12H12N2O4S2. The first-order valence-corrected chi connectivity index (χ1v) is 9.00. The highest BCUT2D eigenvalue weighted by Crippen LogP contribution is 2.67. The van der Waals surface area contributed by atoms with Gasteiger partial charge in [-0.1, -0.05) is 11.8 Å². The molecule has 0 unspecified atom stereocenters. The molecular weight excluding hydrogens is 300 g/mol. The number of hydrogen-bond donors (Lipinski definition) is 0. The van der Waals surface area contributed by atoms with Crippen molar-refractivity contribution in [2.75, 3.05) is 26.6 Å². The van der Waals surface area contributed by atoms with Crippen LogP contribution < -0.4 is 0 Å². The number of nitrogens with zero attached hydrogens (tertiary/aromatic N) is 2. The van der Waals surface area contributed by atoms with Crippen LogP contribution in [0.3, 0.4) is 0 Å². The van der Waals surface area contributed by atoms with Crippen LogP contribution >= 0.6 is 21.8 Å². The van der Waals surface area contributed by atoms with Crippen LogP contribution in [0.2, 0.25) is 0 Å². The number of likely N-dealkylation sites (N-methyl/N-ethyl adjacent to an activating group) is 2. The molecule has 106 valence electrons. The summed E-state index contributed by atoms with van der Waals surface area (Å²) in [7, 11) is 0.880. The molecule has 0 aromatic rings. The molecule has 3 aliphatic heterocycles. The maximum atomic E-state index is 12.2. The highest BCUT2D eigenvalue weighted by atomic mass is 32.3. The maximum absolute atomic E-state index is 12.2. The molecule has 0 atom stereocenters. The summed E-state index contributed by atoms with van der Waals surface area (Å²) in [4.78, 5) is 52.2. The number of rotatable bonds is 0. The van der Waals surface area contributed by atoms with Gasteiger partial charge >= 0.3 is 0 Å². The molecule has 6 nitrogen and oxygen atoms in total. The summed E-state index contributed by atoms with van der Waals surface area (Å²) < 4.78 is 0. The van der Waals surface area contributed by atoms with E-state index < -0.39 is 21.8 Å². The molecule has 3 heterocycles. The Bertz CT molecular complexity index is 634. The van der Waals surface area contributed by atoms with E-state index >= 15 is 0 Å². The van der Waals surface area contributed by atoms with Gasteiger partial charge in [-0.2, -0.15) is 10.0 Å². The van der Waals surface area contributed by atoms with Crippen LogP contribution in [0.15, 0.2) is 19.6 Å². The second-order valence-electron chi connectivity index (χ2n) is 5.08. The van der Waals surface area contributed by atoms with Gasteiger partial charge in [-0.25, -0.2) is 0 Å². The third-order valence-corrected chi connectivity index (χ3v) is 7.86. The third-order valence-electron chi connectivity index (χ3n) is 3.63. The zero-order valence-corrected chi connectivity index (χ0v) is 13.0. The zero-order valence-electron chi connectivity index (χ0n) is 11.3. The SMILES string of the molecule is CN1C(=O)C2=C(C1=O)S(C)(C)C1=C(S2)C(=O)N(C)C1=O. The molecule has 3 aliphatic rings. The third kappa shape index (κ3) is 1.33. The molecule has 0 N–H and O–H groups in total. The molecule has 0 fully saturated rings. The van der Waals surface area contributed by atoms with Gasteiger partial charge in [0.2, 0.25) is 0 Å². The maximum Gasteiger partial charge on any atom is 0.268 e. The van der Waals surface area contributed by atoms with Crippen LogP contribution in [-0.4, -0.2) is 60.0 Å². The van der Waals surface area contributed by atoms with E-state index in [4.69, 9.17) is 0 Å². The summed E-state index contributed by atoms with van der Waals surface area (Å²) in [5.74, 6) is -1.51. The van der Waals surface area contributed by atoms with E-state index in [1.807, 2.05) is 0 Å². The molecule has 0 aromatic heterocycles. The summed E-state index contributed by atoms with van der Waals surface area (Å²) in [6, 6.07) is 0. The molecule has 0 aliphatic carbocycles. The lowest BCUT2D eigenvalue weighted by atomic mass is 10.5. The average Bonchev–Trinajstić information content (AvgIpc) is 2.73. The normalized spacial score (nSPS) is 26.6. The Kier molecular flexibility index (Phi) is 2.53. The van der Waals surface area contributed by atoms with E-state index in [9.17, 15) is 19.2 Å². The fraction of sp³-hybridized carbons (Fsp3) is 0.333. The topological polar surface area (TPSA) is 74.8 Å². The van der Waals surface area contributed by atoms with Crippen molar-refractivity contribution in [3.63, 3.8) is 0 Å². The van der Waals surface area contributed by atoms with Gasteiger partial charge in [0, 0.05) is 14.1 Å². The van der Waals surface area contributed by atoms with E-state index in [2.05, 4.69) is 0 Å². The lowest BCUT2D eigenvalue weighted by Crippen LogP contribution is -2.29. The van der Waals surface area contributed by atoms with Crippen LogP contribution in [0.5, 0.6) is 0 Å². The number of carbonyl (C=O) groups excluding carboxylic acids is 4. The minimum atomic E-state index is -1.95. The van der Waals surface area contributed by atoms with Crippen molar-refractivity contribution in [3.05, 3.63) is 19.6 Å². The largest absolute Gasteiger partial charge is 0.277 e. The van der Waals surface area contributed by atoms with Gasteiger partial charge in [0.05, 0.1) is 19.6 Å². The van der Waals surface area contributed by atoms with Gasteiger partial charge in [-0.15, -0.1) is 0 Å². The van der Waals surface area contributed by atoms with Crippen molar-refractivity contribution in [3.8, 4) is 0 Å². The molecule has 20 heavy (non-hydrogen) atoms. The predicted molar refractivity (Wildman–Crippen MR) is 76.6 cm³/mol. The predicted octanol–water partition coefficient (Wildman–Crippen LogP) is 0.218. The van der Waals surface area contributed by atoms with Gasteiger partial charge in [0.15, 0.2) is 0 Å². The van der Waals surface area contributed by atoms with Crippen molar-refractivity contribution in [1.29, 1.82) is 0 Å². The smallest absolute Gasteiger partial charge is 0.268 e. The first-order chi connectivity index (χ1) is 9.19. The highest BCUT2D eigenvalue weighted by molar-refractivity contribution is 8.41. The second kappa shape index (κ2) is 3.76. The number of amides is 4. The summed E-state index contributed by atoms with van der Waals surface area (Å²) >= 11 is 0.962. The van der Waals surface area contributed by atoms with Crippen molar-refractivity contribution < 1.29 is 19.2 Å². The van der Waals surface area contributed by atoms with Crippen LogP contribution in [0.25, 0.3) is 0 Å². The molecule has 8 heteroatoms. The first-order valence-electron chi connectivity index (χ1n) is 5.74. The zero-order chi connectivity index (χ0) is 15.0. The van der Waals surface area contributed by atoms with Crippen LogP contribution in [-0.2, 0) is 19.2 Å². The molecule has 3 rings (SSSR count). The quantitative estimate of drug-likeness (QED) is 0.598. The van der Waals surface area contributed by atoms with E-state index in [-0.39, 0.29) is 11.8 Å². The second-order valence-corrected chi connectivity index (χ2v) is 9.57. The number of imide groups is 2. The fourth-order valence-electron chi connectivity index (χ4n) is 2.47. The Morgan fingerprint density at radius 3 is 1.45 bits per heavy atom. The summed E-state index contributed by atoms with van der Waals surface area (Å²) in [5, 5.41) is 0. The van der Waals surface area contributed by atoms with Crippen LogP contribution in [0, 0.1) is 0 Å². The lowest BCUT2D eigenvalue weighted by molar-refractivity contribution is -0.136. The number of hydrogen-bond acceptors (Lipinski definition) is 5. The molecule has 0 saturated carbocycles. The van der Waals surface area contributed by atoms with Crippen LogP contribution in [0.4, 0.5) is 0 Å². The Morgan fingerprint density at radius 2 is 1.10 bits per heavy atom. The Balaban J connectivity index is 2.23.